The molecule has 0 amide bonds. The van der Waals surface area contributed by atoms with Gasteiger partial charge in [0.15, 0.2) is 11.5 Å². The van der Waals surface area contributed by atoms with Gasteiger partial charge in [0.25, 0.3) is 0 Å². The van der Waals surface area contributed by atoms with Crippen LogP contribution in [-0.2, 0) is 21.2 Å². The molecule has 2 rings (SSSR count). The van der Waals surface area contributed by atoms with Gasteiger partial charge in [0.1, 0.15) is 4.90 Å². The van der Waals surface area contributed by atoms with E-state index in [1.54, 1.807) is 0 Å². The van der Waals surface area contributed by atoms with Gasteiger partial charge >= 0.3 is 5.97 Å². The summed E-state index contributed by atoms with van der Waals surface area (Å²) in [5, 5.41) is 8.78. The van der Waals surface area contributed by atoms with E-state index in [4.69, 9.17) is 14.6 Å². The molecule has 0 spiro atoms. The Balaban J connectivity index is 2.32. The van der Waals surface area contributed by atoms with Crippen LogP contribution in [0.1, 0.15) is 11.1 Å². The number of benzene rings is 2. The van der Waals surface area contributed by atoms with Gasteiger partial charge in [-0.1, -0.05) is 30.3 Å². The maximum absolute atomic E-state index is 12.8. The molecule has 2 aromatic carbocycles. The van der Waals surface area contributed by atoms with E-state index in [0.717, 1.165) is 11.6 Å². The summed E-state index contributed by atoms with van der Waals surface area (Å²) in [6, 6.07) is 12.3. The monoisotopic (exact) mass is 391 g/mol. The van der Waals surface area contributed by atoms with E-state index in [1.165, 1.54) is 32.4 Å². The molecule has 0 saturated carbocycles. The molecule has 0 atom stereocenters. The molecule has 0 unspecified atom stereocenters. The highest BCUT2D eigenvalue weighted by Gasteiger charge is 2.23. The molecule has 0 saturated heterocycles. The molecule has 0 radical (unpaired) electrons. The first-order valence-electron chi connectivity index (χ1n) is 8.08. The van der Waals surface area contributed by atoms with Crippen LogP contribution in [0.15, 0.2) is 53.4 Å². The zero-order valence-electron chi connectivity index (χ0n) is 15.0. The first-order valence-corrected chi connectivity index (χ1v) is 9.56. The van der Waals surface area contributed by atoms with E-state index in [-0.39, 0.29) is 22.9 Å². The fraction of sp³-hybridized carbons (Fsp3) is 0.211. The largest absolute Gasteiger partial charge is 0.493 e. The van der Waals surface area contributed by atoms with Crippen LogP contribution in [0.3, 0.4) is 0 Å². The number of hydrogen-bond acceptors (Lipinski definition) is 5. The molecule has 0 heterocycles. The van der Waals surface area contributed by atoms with Gasteiger partial charge in [-0.15, -0.1) is 0 Å². The summed E-state index contributed by atoms with van der Waals surface area (Å²) in [6.07, 6.45) is 2.73. The maximum Gasteiger partial charge on any atom is 0.328 e. The third-order valence-electron chi connectivity index (χ3n) is 3.72. The van der Waals surface area contributed by atoms with Crippen molar-refractivity contribution in [3.63, 3.8) is 0 Å². The molecule has 0 bridgehead atoms. The zero-order chi connectivity index (χ0) is 19.9. The molecule has 0 aliphatic heterocycles. The SMILES string of the molecule is COc1cc(/C=C/C(=O)O)cc(S(=O)(=O)NCCc2ccccc2)c1OC. The summed E-state index contributed by atoms with van der Waals surface area (Å²) in [5.74, 6) is -0.902. The van der Waals surface area contributed by atoms with E-state index >= 15 is 0 Å². The molecule has 7 nitrogen and oxygen atoms in total. The van der Waals surface area contributed by atoms with Gasteiger partial charge in [-0.25, -0.2) is 17.9 Å². The van der Waals surface area contributed by atoms with Gasteiger partial charge in [0, 0.05) is 12.6 Å². The van der Waals surface area contributed by atoms with Crippen molar-refractivity contribution in [1.82, 2.24) is 4.72 Å². The summed E-state index contributed by atoms with van der Waals surface area (Å²) >= 11 is 0. The van der Waals surface area contributed by atoms with Crippen LogP contribution < -0.4 is 14.2 Å². The predicted molar refractivity (Wildman–Crippen MR) is 102 cm³/mol. The van der Waals surface area contributed by atoms with Crippen LogP contribution in [0.5, 0.6) is 11.5 Å². The lowest BCUT2D eigenvalue weighted by atomic mass is 10.2. The van der Waals surface area contributed by atoms with Crippen molar-refractivity contribution in [2.45, 2.75) is 11.3 Å². The van der Waals surface area contributed by atoms with Gasteiger partial charge in [-0.05, 0) is 35.8 Å². The number of methoxy groups -OCH3 is 2. The summed E-state index contributed by atoms with van der Waals surface area (Å²) in [4.78, 5) is 10.6. The van der Waals surface area contributed by atoms with E-state index in [2.05, 4.69) is 4.72 Å². The van der Waals surface area contributed by atoms with Crippen molar-refractivity contribution in [2.24, 2.45) is 0 Å². The first-order chi connectivity index (χ1) is 12.9. The van der Waals surface area contributed by atoms with Crippen molar-refractivity contribution >= 4 is 22.1 Å². The second-order valence-electron chi connectivity index (χ2n) is 5.56. The molecule has 0 aliphatic carbocycles. The number of carboxylic acid groups (broad SMARTS) is 1. The van der Waals surface area contributed by atoms with E-state index in [9.17, 15) is 13.2 Å². The third kappa shape index (κ3) is 5.57. The van der Waals surface area contributed by atoms with Crippen molar-refractivity contribution in [1.29, 1.82) is 0 Å². The summed E-state index contributed by atoms with van der Waals surface area (Å²) in [5.41, 5.74) is 1.36. The summed E-state index contributed by atoms with van der Waals surface area (Å²) in [7, 11) is -1.19. The normalized spacial score (nSPS) is 11.5. The second-order valence-corrected chi connectivity index (χ2v) is 7.29. The Morgan fingerprint density at radius 2 is 1.85 bits per heavy atom. The molecule has 2 N–H and O–H groups in total. The Morgan fingerprint density at radius 3 is 2.44 bits per heavy atom. The van der Waals surface area contributed by atoms with Crippen LogP contribution in [-0.4, -0.2) is 40.3 Å². The van der Waals surface area contributed by atoms with Crippen LogP contribution in [0, 0.1) is 0 Å². The zero-order valence-corrected chi connectivity index (χ0v) is 15.8. The van der Waals surface area contributed by atoms with Crippen LogP contribution in [0.2, 0.25) is 0 Å². The molecule has 2 aromatic rings. The van der Waals surface area contributed by atoms with Gasteiger partial charge in [0.05, 0.1) is 14.2 Å². The maximum atomic E-state index is 12.8. The first kappa shape index (κ1) is 20.5. The lowest BCUT2D eigenvalue weighted by molar-refractivity contribution is -0.131. The quantitative estimate of drug-likeness (QED) is 0.636. The number of carbonyl (C=O) groups is 1. The lowest BCUT2D eigenvalue weighted by Crippen LogP contribution is -2.26. The number of aliphatic carboxylic acids is 1. The predicted octanol–water partition coefficient (Wildman–Crippen LogP) is 2.32. The van der Waals surface area contributed by atoms with Crippen LogP contribution >= 0.6 is 0 Å². The average Bonchev–Trinajstić information content (AvgIpc) is 2.66. The van der Waals surface area contributed by atoms with Gasteiger partial charge in [-0.2, -0.15) is 0 Å². The molecule has 0 fully saturated rings. The van der Waals surface area contributed by atoms with Crippen molar-refractivity contribution in [2.75, 3.05) is 20.8 Å². The molecule has 27 heavy (non-hydrogen) atoms. The number of nitrogens with one attached hydrogen (secondary N) is 1. The van der Waals surface area contributed by atoms with Gasteiger partial charge in [-0.3, -0.25) is 0 Å². The van der Waals surface area contributed by atoms with E-state index in [0.29, 0.717) is 12.0 Å². The molecule has 8 heteroatoms. The fourth-order valence-electron chi connectivity index (χ4n) is 2.47. The Labute approximate surface area is 158 Å². The van der Waals surface area contributed by atoms with E-state index in [1.807, 2.05) is 30.3 Å². The smallest absolute Gasteiger partial charge is 0.328 e. The minimum atomic E-state index is -3.90. The molecule has 144 valence electrons. The topological polar surface area (TPSA) is 102 Å². The highest BCUT2D eigenvalue weighted by molar-refractivity contribution is 7.89. The molecular weight excluding hydrogens is 370 g/mol. The fourth-order valence-corrected chi connectivity index (χ4v) is 3.71. The van der Waals surface area contributed by atoms with Crippen LogP contribution in [0.4, 0.5) is 0 Å². The average molecular weight is 391 g/mol. The second kappa shape index (κ2) is 9.20. The number of rotatable bonds is 9. The molecular formula is C19H21NO6S. The number of hydrogen-bond donors (Lipinski definition) is 2. The van der Waals surface area contributed by atoms with Gasteiger partial charge in [0.2, 0.25) is 10.0 Å². The Bertz CT molecular complexity index is 923. The minimum absolute atomic E-state index is 0.0530. The Hall–Kier alpha value is -2.84. The highest BCUT2D eigenvalue weighted by atomic mass is 32.2. The number of carboxylic acids is 1. The number of sulfonamides is 1. The molecule has 0 aliphatic rings. The Kier molecular flexibility index (Phi) is 6.98. The highest BCUT2D eigenvalue weighted by Crippen LogP contribution is 2.36. The summed E-state index contributed by atoms with van der Waals surface area (Å²) in [6.45, 7) is 0.201. The van der Waals surface area contributed by atoms with E-state index < -0.39 is 16.0 Å². The third-order valence-corrected chi connectivity index (χ3v) is 5.19. The lowest BCUT2D eigenvalue weighted by Gasteiger charge is -2.15. The van der Waals surface area contributed by atoms with Crippen molar-refractivity contribution < 1.29 is 27.8 Å². The summed E-state index contributed by atoms with van der Waals surface area (Å²) < 4.78 is 38.5. The Morgan fingerprint density at radius 1 is 1.15 bits per heavy atom. The molecule has 0 aromatic heterocycles. The van der Waals surface area contributed by atoms with Crippen molar-refractivity contribution in [3.05, 3.63) is 59.7 Å². The standard InChI is InChI=1S/C19H21NO6S/c1-25-16-12-15(8-9-18(21)22)13-17(19(16)26-2)27(23,24)20-11-10-14-6-4-3-5-7-14/h3-9,12-13,20H,10-11H2,1-2H3,(H,21,22)/b9-8+. The number of ether oxygens (including phenoxy) is 2. The van der Waals surface area contributed by atoms with Crippen LogP contribution in [0.25, 0.3) is 6.08 Å². The minimum Gasteiger partial charge on any atom is -0.493 e. The van der Waals surface area contributed by atoms with Gasteiger partial charge < -0.3 is 14.6 Å². The van der Waals surface area contributed by atoms with Crippen molar-refractivity contribution in [3.8, 4) is 11.5 Å².